The van der Waals surface area contributed by atoms with Crippen LogP contribution in [0.1, 0.15) is 40.5 Å². The predicted octanol–water partition coefficient (Wildman–Crippen LogP) is 5.45. The molecule has 3 aromatic rings. The zero-order chi connectivity index (χ0) is 24.0. The van der Waals surface area contributed by atoms with E-state index in [0.717, 1.165) is 6.42 Å². The Hall–Kier alpha value is -2.21. The van der Waals surface area contributed by atoms with Gasteiger partial charge in [-0.15, -0.1) is 0 Å². The SMILES string of the molecule is CC[C@H](CCS(=O)(=O)c1ccccc1)CO[Si](c1ccccc1)(c1ccccc1)C(C)(C)C. The molecule has 0 N–H and O–H groups in total. The van der Waals surface area contributed by atoms with E-state index in [9.17, 15) is 8.42 Å². The molecule has 0 aliphatic heterocycles. The molecule has 0 saturated heterocycles. The van der Waals surface area contributed by atoms with Gasteiger partial charge in [0.05, 0.1) is 10.6 Å². The van der Waals surface area contributed by atoms with E-state index in [0.29, 0.717) is 17.9 Å². The van der Waals surface area contributed by atoms with Crippen molar-refractivity contribution in [2.45, 2.75) is 50.5 Å². The van der Waals surface area contributed by atoms with Gasteiger partial charge in [-0.25, -0.2) is 8.42 Å². The Morgan fingerprint density at radius 2 is 1.24 bits per heavy atom. The summed E-state index contributed by atoms with van der Waals surface area (Å²) in [7, 11) is -5.91. The van der Waals surface area contributed by atoms with Crippen LogP contribution in [0.2, 0.25) is 5.04 Å². The fraction of sp³-hybridized carbons (Fsp3) is 0.357. The lowest BCUT2D eigenvalue weighted by Gasteiger charge is -2.43. The third-order valence-corrected chi connectivity index (χ3v) is 13.2. The van der Waals surface area contributed by atoms with E-state index in [2.05, 4.69) is 76.2 Å². The van der Waals surface area contributed by atoms with Crippen molar-refractivity contribution >= 4 is 28.5 Å². The molecule has 0 spiro atoms. The van der Waals surface area contributed by atoms with E-state index in [1.807, 2.05) is 18.2 Å². The highest BCUT2D eigenvalue weighted by Crippen LogP contribution is 2.37. The van der Waals surface area contributed by atoms with Gasteiger partial charge in [0.2, 0.25) is 0 Å². The predicted molar refractivity (Wildman–Crippen MR) is 140 cm³/mol. The number of hydrogen-bond acceptors (Lipinski definition) is 3. The molecule has 5 heteroatoms. The second-order valence-electron chi connectivity index (χ2n) is 9.67. The van der Waals surface area contributed by atoms with Crippen molar-refractivity contribution in [1.82, 2.24) is 0 Å². The van der Waals surface area contributed by atoms with Gasteiger partial charge in [0.25, 0.3) is 8.32 Å². The van der Waals surface area contributed by atoms with Gasteiger partial charge < -0.3 is 4.43 Å². The van der Waals surface area contributed by atoms with Gasteiger partial charge in [0.1, 0.15) is 0 Å². The molecule has 33 heavy (non-hydrogen) atoms. The second-order valence-corrected chi connectivity index (χ2v) is 16.1. The third kappa shape index (κ3) is 5.83. The molecule has 3 nitrogen and oxygen atoms in total. The minimum absolute atomic E-state index is 0.0931. The maximum Gasteiger partial charge on any atom is 0.261 e. The van der Waals surface area contributed by atoms with Crippen molar-refractivity contribution in [2.24, 2.45) is 5.92 Å². The molecule has 0 radical (unpaired) electrons. The zero-order valence-electron chi connectivity index (χ0n) is 20.2. The molecular formula is C28H36O3SSi. The number of sulfone groups is 1. The topological polar surface area (TPSA) is 43.4 Å². The van der Waals surface area contributed by atoms with Crippen molar-refractivity contribution in [3.8, 4) is 0 Å². The monoisotopic (exact) mass is 480 g/mol. The quantitative estimate of drug-likeness (QED) is 0.362. The fourth-order valence-corrected chi connectivity index (χ4v) is 10.6. The Morgan fingerprint density at radius 3 is 1.67 bits per heavy atom. The molecule has 1 atom stereocenters. The molecule has 3 aromatic carbocycles. The van der Waals surface area contributed by atoms with Gasteiger partial charge in [-0.3, -0.25) is 0 Å². The molecule has 0 saturated carbocycles. The van der Waals surface area contributed by atoms with Crippen LogP contribution in [0.3, 0.4) is 0 Å². The lowest BCUT2D eigenvalue weighted by atomic mass is 10.1. The average molecular weight is 481 g/mol. The molecule has 0 heterocycles. The van der Waals surface area contributed by atoms with Gasteiger partial charge in [-0.05, 0) is 39.9 Å². The van der Waals surface area contributed by atoms with Crippen LogP contribution in [0.25, 0.3) is 0 Å². The van der Waals surface area contributed by atoms with Crippen LogP contribution in [0.15, 0.2) is 95.9 Å². The molecule has 0 bridgehead atoms. The highest BCUT2D eigenvalue weighted by Gasteiger charge is 2.50. The number of benzene rings is 3. The van der Waals surface area contributed by atoms with Crippen LogP contribution in [-0.4, -0.2) is 29.1 Å². The summed E-state index contributed by atoms with van der Waals surface area (Å²) in [6, 6.07) is 29.9. The molecule has 176 valence electrons. The molecule has 0 unspecified atom stereocenters. The van der Waals surface area contributed by atoms with E-state index < -0.39 is 18.2 Å². The standard InChI is InChI=1S/C28H36O3SSi/c1-5-24(21-22-32(29,30)25-15-9-6-10-16-25)23-31-33(28(2,3)4,26-17-11-7-12-18-26)27-19-13-8-14-20-27/h6-20,24H,5,21-23H2,1-4H3/t24-/m1/s1. The van der Waals surface area contributed by atoms with Gasteiger partial charge in [0.15, 0.2) is 9.84 Å². The summed E-state index contributed by atoms with van der Waals surface area (Å²) >= 11 is 0. The zero-order valence-corrected chi connectivity index (χ0v) is 22.0. The van der Waals surface area contributed by atoms with Crippen LogP contribution in [0, 0.1) is 5.92 Å². The number of rotatable bonds is 10. The molecular weight excluding hydrogens is 444 g/mol. The third-order valence-electron chi connectivity index (χ3n) is 6.43. The van der Waals surface area contributed by atoms with E-state index in [1.165, 1.54) is 10.4 Å². The maximum atomic E-state index is 12.8. The van der Waals surface area contributed by atoms with E-state index in [-0.39, 0.29) is 16.7 Å². The van der Waals surface area contributed by atoms with Crippen LogP contribution >= 0.6 is 0 Å². The highest BCUT2D eigenvalue weighted by atomic mass is 32.2. The van der Waals surface area contributed by atoms with Crippen LogP contribution in [0.5, 0.6) is 0 Å². The first-order valence-electron chi connectivity index (χ1n) is 11.7. The van der Waals surface area contributed by atoms with Crippen molar-refractivity contribution in [3.05, 3.63) is 91.0 Å². The van der Waals surface area contributed by atoms with Crippen LogP contribution in [-0.2, 0) is 14.3 Å². The first kappa shape index (κ1) is 25.4. The maximum absolute atomic E-state index is 12.8. The summed E-state index contributed by atoms with van der Waals surface area (Å²) in [5.74, 6) is 0.310. The van der Waals surface area contributed by atoms with E-state index in [4.69, 9.17) is 4.43 Å². The second kappa shape index (κ2) is 10.8. The molecule has 0 fully saturated rings. The van der Waals surface area contributed by atoms with Crippen molar-refractivity contribution in [2.75, 3.05) is 12.4 Å². The summed E-state index contributed by atoms with van der Waals surface area (Å²) in [5.41, 5.74) is 0. The molecule has 3 rings (SSSR count). The Labute approximate surface area is 200 Å². The van der Waals surface area contributed by atoms with Crippen molar-refractivity contribution < 1.29 is 12.8 Å². The van der Waals surface area contributed by atoms with Gasteiger partial charge in [-0.1, -0.05) is 113 Å². The summed E-state index contributed by atoms with van der Waals surface area (Å²) in [6.07, 6.45) is 1.47. The molecule has 0 aliphatic rings. The largest absolute Gasteiger partial charge is 0.407 e. The van der Waals surface area contributed by atoms with E-state index in [1.54, 1.807) is 24.3 Å². The first-order chi connectivity index (χ1) is 15.7. The summed E-state index contributed by atoms with van der Waals surface area (Å²) in [6.45, 7) is 9.46. The van der Waals surface area contributed by atoms with Crippen LogP contribution in [0.4, 0.5) is 0 Å². The van der Waals surface area contributed by atoms with Crippen molar-refractivity contribution in [3.63, 3.8) is 0 Å². The highest BCUT2D eigenvalue weighted by molar-refractivity contribution is 7.91. The molecule has 0 aromatic heterocycles. The lowest BCUT2D eigenvalue weighted by Crippen LogP contribution is -2.66. The Bertz CT molecular complexity index is 1050. The minimum Gasteiger partial charge on any atom is -0.407 e. The minimum atomic E-state index is -3.30. The smallest absolute Gasteiger partial charge is 0.261 e. The summed E-state index contributed by atoms with van der Waals surface area (Å²) in [5, 5.41) is 2.40. The number of hydrogen-bond donors (Lipinski definition) is 0. The van der Waals surface area contributed by atoms with Gasteiger partial charge in [-0.2, -0.15) is 0 Å². The Morgan fingerprint density at radius 1 is 0.788 bits per heavy atom. The Balaban J connectivity index is 1.87. The van der Waals surface area contributed by atoms with Crippen molar-refractivity contribution in [1.29, 1.82) is 0 Å². The normalized spacial score (nSPS) is 13.6. The fourth-order valence-electron chi connectivity index (χ4n) is 4.48. The summed E-state index contributed by atoms with van der Waals surface area (Å²) < 4.78 is 32.7. The van der Waals surface area contributed by atoms with E-state index >= 15 is 0 Å². The van der Waals surface area contributed by atoms with Gasteiger partial charge >= 0.3 is 0 Å². The van der Waals surface area contributed by atoms with Gasteiger partial charge in [0, 0.05) is 6.61 Å². The molecule has 0 aliphatic carbocycles. The Kier molecular flexibility index (Phi) is 8.32. The first-order valence-corrected chi connectivity index (χ1v) is 15.3. The summed E-state index contributed by atoms with van der Waals surface area (Å²) in [4.78, 5) is 0.396. The van der Waals surface area contributed by atoms with Crippen LogP contribution < -0.4 is 10.4 Å². The lowest BCUT2D eigenvalue weighted by molar-refractivity contribution is 0.227. The average Bonchev–Trinajstić information content (AvgIpc) is 2.82. The molecule has 0 amide bonds.